The van der Waals surface area contributed by atoms with Gasteiger partial charge >= 0.3 is 0 Å². The third-order valence-electron chi connectivity index (χ3n) is 1.83. The number of guanidine groups is 1. The molecule has 0 radical (unpaired) electrons. The second kappa shape index (κ2) is 7.60. The molecule has 1 aliphatic heterocycles. The molecule has 2 N–H and O–H groups in total. The molecule has 0 aliphatic carbocycles. The van der Waals surface area contributed by atoms with Crippen LogP contribution in [0, 0.1) is 0 Å². The van der Waals surface area contributed by atoms with Crippen LogP contribution < -0.4 is 10.6 Å². The highest BCUT2D eigenvalue weighted by molar-refractivity contribution is 14.0. The number of nitrogens with zero attached hydrogens (tertiary/aromatic N) is 1. The van der Waals surface area contributed by atoms with Crippen molar-refractivity contribution < 1.29 is 0 Å². The number of rotatable bonds is 3. The van der Waals surface area contributed by atoms with Gasteiger partial charge in [-0.1, -0.05) is 20.8 Å². The second-order valence-corrected chi connectivity index (χ2v) is 6.32. The fraction of sp³-hybridized carbons (Fsp3) is 0.900. The van der Waals surface area contributed by atoms with E-state index >= 15 is 0 Å². The molecule has 0 aromatic carbocycles. The smallest absolute Gasteiger partial charge is 0.191 e. The first-order chi connectivity index (χ1) is 6.58. The number of hydrogen-bond donors (Lipinski definition) is 2. The van der Waals surface area contributed by atoms with Gasteiger partial charge in [0.05, 0.1) is 0 Å². The summed E-state index contributed by atoms with van der Waals surface area (Å²) in [6, 6.07) is 0. The van der Waals surface area contributed by atoms with Crippen molar-refractivity contribution in [3.63, 3.8) is 0 Å². The van der Waals surface area contributed by atoms with Gasteiger partial charge in [-0.3, -0.25) is 4.99 Å². The van der Waals surface area contributed by atoms with Gasteiger partial charge in [-0.05, 0) is 6.42 Å². The molecule has 0 aromatic rings. The van der Waals surface area contributed by atoms with Crippen LogP contribution in [0.3, 0.4) is 0 Å². The summed E-state index contributed by atoms with van der Waals surface area (Å²) in [5.41, 5.74) is 0. The fourth-order valence-electron chi connectivity index (χ4n) is 1.18. The van der Waals surface area contributed by atoms with E-state index in [0.29, 0.717) is 4.75 Å². The molecule has 90 valence electrons. The number of halogens is 1. The van der Waals surface area contributed by atoms with E-state index in [2.05, 4.69) is 36.4 Å². The van der Waals surface area contributed by atoms with E-state index in [4.69, 9.17) is 0 Å². The first-order valence-corrected chi connectivity index (χ1v) is 6.23. The minimum atomic E-state index is 0. The normalized spacial score (nSPS) is 16.1. The fourth-order valence-corrected chi connectivity index (χ4v) is 1.99. The van der Waals surface area contributed by atoms with Crippen LogP contribution >= 0.6 is 35.7 Å². The van der Waals surface area contributed by atoms with Gasteiger partial charge in [-0.15, -0.1) is 24.0 Å². The van der Waals surface area contributed by atoms with Gasteiger partial charge < -0.3 is 10.6 Å². The summed E-state index contributed by atoms with van der Waals surface area (Å²) in [6.07, 6.45) is 1.15. The zero-order valence-electron chi connectivity index (χ0n) is 9.80. The molecule has 0 amide bonds. The second-order valence-electron chi connectivity index (χ2n) is 4.40. The van der Waals surface area contributed by atoms with E-state index in [-0.39, 0.29) is 24.0 Å². The van der Waals surface area contributed by atoms with Crippen LogP contribution in [0.5, 0.6) is 0 Å². The van der Waals surface area contributed by atoms with Gasteiger partial charge in [-0.25, -0.2) is 0 Å². The van der Waals surface area contributed by atoms with Crippen LogP contribution in [0.15, 0.2) is 4.99 Å². The Morgan fingerprint density at radius 2 is 2.20 bits per heavy atom. The lowest BCUT2D eigenvalue weighted by molar-refractivity contribution is 0.709. The largest absolute Gasteiger partial charge is 0.356 e. The molecule has 0 atom stereocenters. The predicted molar refractivity (Wildman–Crippen MR) is 80.6 cm³/mol. The van der Waals surface area contributed by atoms with Crippen molar-refractivity contribution in [1.29, 1.82) is 0 Å². The third kappa shape index (κ3) is 8.19. The van der Waals surface area contributed by atoms with Gasteiger partial charge in [0.15, 0.2) is 5.96 Å². The average molecular weight is 343 g/mol. The SMILES string of the molecule is CC(C)(C)SCCNC1=NCCCN1.I. The lowest BCUT2D eigenvalue weighted by atomic mass is 10.3. The van der Waals surface area contributed by atoms with Crippen LogP contribution in [0.2, 0.25) is 0 Å². The Morgan fingerprint density at radius 3 is 2.73 bits per heavy atom. The zero-order valence-corrected chi connectivity index (χ0v) is 12.9. The maximum absolute atomic E-state index is 4.35. The molecule has 1 aliphatic rings. The summed E-state index contributed by atoms with van der Waals surface area (Å²) in [6.45, 7) is 9.74. The van der Waals surface area contributed by atoms with Gasteiger partial charge in [0.1, 0.15) is 0 Å². The van der Waals surface area contributed by atoms with Crippen molar-refractivity contribution >= 4 is 41.7 Å². The number of hydrogen-bond acceptors (Lipinski definition) is 4. The topological polar surface area (TPSA) is 36.4 Å². The van der Waals surface area contributed by atoms with E-state index < -0.39 is 0 Å². The molecule has 3 nitrogen and oxygen atoms in total. The Balaban J connectivity index is 0.00000196. The monoisotopic (exact) mass is 343 g/mol. The Morgan fingerprint density at radius 1 is 1.47 bits per heavy atom. The number of thioether (sulfide) groups is 1. The van der Waals surface area contributed by atoms with E-state index in [1.165, 1.54) is 0 Å². The summed E-state index contributed by atoms with van der Waals surface area (Å²) >= 11 is 1.98. The van der Waals surface area contributed by atoms with E-state index in [1.807, 2.05) is 11.8 Å². The van der Waals surface area contributed by atoms with Crippen molar-refractivity contribution in [2.45, 2.75) is 31.9 Å². The molecule has 0 bridgehead atoms. The zero-order chi connectivity index (χ0) is 10.4. The molecule has 0 aromatic heterocycles. The summed E-state index contributed by atoms with van der Waals surface area (Å²) in [5.74, 6) is 2.11. The standard InChI is InChI=1S/C10H21N3S.HI/c1-10(2,3)14-8-7-13-9-11-5-4-6-12-9;/h4-8H2,1-3H3,(H2,11,12,13);1H. The van der Waals surface area contributed by atoms with E-state index in [0.717, 1.165) is 37.8 Å². The van der Waals surface area contributed by atoms with Crippen LogP contribution in [0.1, 0.15) is 27.2 Å². The molecule has 0 saturated heterocycles. The molecule has 1 heterocycles. The van der Waals surface area contributed by atoms with Gasteiger partial charge in [0.2, 0.25) is 0 Å². The summed E-state index contributed by atoms with van der Waals surface area (Å²) in [4.78, 5) is 4.35. The highest BCUT2D eigenvalue weighted by Crippen LogP contribution is 2.21. The lowest BCUT2D eigenvalue weighted by Crippen LogP contribution is -2.41. The maximum Gasteiger partial charge on any atom is 0.191 e. The van der Waals surface area contributed by atoms with Crippen LogP contribution in [-0.4, -0.2) is 36.1 Å². The summed E-state index contributed by atoms with van der Waals surface area (Å²) in [5, 5.41) is 6.56. The van der Waals surface area contributed by atoms with Crippen molar-refractivity contribution in [2.75, 3.05) is 25.4 Å². The van der Waals surface area contributed by atoms with Gasteiger partial charge in [0, 0.05) is 30.1 Å². The van der Waals surface area contributed by atoms with Crippen LogP contribution in [-0.2, 0) is 0 Å². The van der Waals surface area contributed by atoms with Gasteiger partial charge in [-0.2, -0.15) is 11.8 Å². The molecule has 0 unspecified atom stereocenters. The Labute approximate surface area is 114 Å². The van der Waals surface area contributed by atoms with Crippen molar-refractivity contribution in [1.82, 2.24) is 10.6 Å². The highest BCUT2D eigenvalue weighted by Gasteiger charge is 2.09. The third-order valence-corrected chi connectivity index (χ3v) is 3.10. The Bertz CT molecular complexity index is 201. The quantitative estimate of drug-likeness (QED) is 0.609. The van der Waals surface area contributed by atoms with Gasteiger partial charge in [0.25, 0.3) is 0 Å². The molecule has 0 spiro atoms. The summed E-state index contributed by atoms with van der Waals surface area (Å²) < 4.78 is 0.365. The lowest BCUT2D eigenvalue weighted by Gasteiger charge is -2.19. The molecule has 1 rings (SSSR count). The molecular weight excluding hydrogens is 321 g/mol. The van der Waals surface area contributed by atoms with E-state index in [9.17, 15) is 0 Å². The maximum atomic E-state index is 4.35. The predicted octanol–water partition coefficient (Wildman–Crippen LogP) is 2.07. The first kappa shape index (κ1) is 15.3. The highest BCUT2D eigenvalue weighted by atomic mass is 127. The molecule has 0 fully saturated rings. The molecular formula is C10H22IN3S. The first-order valence-electron chi connectivity index (χ1n) is 5.24. The van der Waals surface area contributed by atoms with Crippen molar-refractivity contribution in [3.05, 3.63) is 0 Å². The average Bonchev–Trinajstić information content (AvgIpc) is 2.13. The minimum Gasteiger partial charge on any atom is -0.356 e. The van der Waals surface area contributed by atoms with Crippen molar-refractivity contribution in [3.8, 4) is 0 Å². The molecule has 5 heteroatoms. The number of nitrogens with one attached hydrogen (secondary N) is 2. The van der Waals surface area contributed by atoms with Crippen LogP contribution in [0.25, 0.3) is 0 Å². The Kier molecular flexibility index (Phi) is 7.77. The van der Waals surface area contributed by atoms with E-state index in [1.54, 1.807) is 0 Å². The molecule has 0 saturated carbocycles. The Hall–Kier alpha value is 0.350. The van der Waals surface area contributed by atoms with Crippen LogP contribution in [0.4, 0.5) is 0 Å². The number of aliphatic imine (C=N–C) groups is 1. The minimum absolute atomic E-state index is 0. The summed E-state index contributed by atoms with van der Waals surface area (Å²) in [7, 11) is 0. The molecule has 15 heavy (non-hydrogen) atoms. The van der Waals surface area contributed by atoms with Crippen molar-refractivity contribution in [2.24, 2.45) is 4.99 Å².